The fourth-order valence-corrected chi connectivity index (χ4v) is 11.1. The number of carbonyl (C=O) groups is 2. The van der Waals surface area contributed by atoms with Crippen molar-refractivity contribution in [1.82, 2.24) is 5.32 Å². The monoisotopic (exact) mass is 1120 g/mol. The van der Waals surface area contributed by atoms with Gasteiger partial charge in [-0.15, -0.1) is 0 Å². The average molecular weight is 1120 g/mol. The highest BCUT2D eigenvalue weighted by Crippen LogP contribution is 2.18. The van der Waals surface area contributed by atoms with Crippen LogP contribution in [0.4, 0.5) is 0 Å². The summed E-state index contributed by atoms with van der Waals surface area (Å²) in [6, 6.07) is -0.637. The standard InChI is InChI=1S/C74H139NO5/c1-3-5-7-9-11-13-15-17-19-21-23-24-25-26-27-28-31-34-38-42-46-50-54-58-62-66-72(77)71(70-76)75-73(78)67-63-59-55-51-47-43-39-35-32-29-30-33-37-41-45-49-53-57-61-65-69-80-74(79)68-64-60-56-52-48-44-40-36-22-20-18-16-14-12-10-8-6-4-2/h14,16,20,22,29,32,62,66,71-72,76-77H,3-13,15,17-19,21,23-28,30-31,33-61,63-65,67-70H2,1-2H3,(H,75,78)/b16-14-,22-20-,32-29-,66-62+. The number of allylic oxidation sites excluding steroid dienone is 7. The fourth-order valence-electron chi connectivity index (χ4n) is 11.1. The van der Waals surface area contributed by atoms with Crippen molar-refractivity contribution in [2.45, 2.75) is 398 Å². The van der Waals surface area contributed by atoms with Crippen LogP contribution in [-0.4, -0.2) is 47.4 Å². The molecular formula is C74H139NO5. The Morgan fingerprint density at radius 1 is 0.350 bits per heavy atom. The number of esters is 1. The van der Waals surface area contributed by atoms with Crippen molar-refractivity contribution in [2.75, 3.05) is 13.2 Å². The summed E-state index contributed by atoms with van der Waals surface area (Å²) >= 11 is 0. The van der Waals surface area contributed by atoms with E-state index in [0.717, 1.165) is 57.8 Å². The van der Waals surface area contributed by atoms with Crippen LogP contribution in [0.5, 0.6) is 0 Å². The number of hydrogen-bond donors (Lipinski definition) is 3. The lowest BCUT2D eigenvalue weighted by molar-refractivity contribution is -0.143. The van der Waals surface area contributed by atoms with Crippen molar-refractivity contribution in [3.8, 4) is 0 Å². The van der Waals surface area contributed by atoms with Gasteiger partial charge in [0.2, 0.25) is 5.91 Å². The predicted octanol–water partition coefficient (Wildman–Crippen LogP) is 23.3. The summed E-state index contributed by atoms with van der Waals surface area (Å²) in [4.78, 5) is 24.6. The van der Waals surface area contributed by atoms with E-state index in [-0.39, 0.29) is 18.5 Å². The normalized spacial score (nSPS) is 12.8. The molecule has 0 aliphatic carbocycles. The number of aliphatic hydroxyl groups excluding tert-OH is 2. The van der Waals surface area contributed by atoms with Crippen molar-refractivity contribution in [3.63, 3.8) is 0 Å². The number of unbranched alkanes of at least 4 members (excludes halogenated alkanes) is 50. The molecule has 6 nitrogen and oxygen atoms in total. The van der Waals surface area contributed by atoms with Gasteiger partial charge in [0.25, 0.3) is 0 Å². The summed E-state index contributed by atoms with van der Waals surface area (Å²) in [6.45, 7) is 4.90. The molecular weight excluding hydrogens is 983 g/mol. The molecule has 470 valence electrons. The number of nitrogens with one attached hydrogen (secondary N) is 1. The molecule has 80 heavy (non-hydrogen) atoms. The Morgan fingerprint density at radius 2 is 0.625 bits per heavy atom. The van der Waals surface area contributed by atoms with Crippen LogP contribution in [0.2, 0.25) is 0 Å². The largest absolute Gasteiger partial charge is 0.466 e. The van der Waals surface area contributed by atoms with Gasteiger partial charge in [0.05, 0.1) is 25.4 Å². The number of aliphatic hydroxyl groups is 2. The van der Waals surface area contributed by atoms with Crippen LogP contribution in [0.25, 0.3) is 0 Å². The van der Waals surface area contributed by atoms with Crippen LogP contribution in [-0.2, 0) is 14.3 Å². The molecule has 1 amide bonds. The predicted molar refractivity (Wildman–Crippen MR) is 352 cm³/mol. The van der Waals surface area contributed by atoms with E-state index < -0.39 is 12.1 Å². The Hall–Kier alpha value is -2.18. The molecule has 0 saturated heterocycles. The first kappa shape index (κ1) is 77.8. The minimum absolute atomic E-state index is 0.00133. The molecule has 3 N–H and O–H groups in total. The maximum atomic E-state index is 12.5. The summed E-state index contributed by atoms with van der Waals surface area (Å²) in [5.41, 5.74) is 0. The van der Waals surface area contributed by atoms with Gasteiger partial charge in [0.1, 0.15) is 0 Å². The quantitative estimate of drug-likeness (QED) is 0.0320. The zero-order valence-corrected chi connectivity index (χ0v) is 53.8. The van der Waals surface area contributed by atoms with Crippen LogP contribution in [0.3, 0.4) is 0 Å². The van der Waals surface area contributed by atoms with Crippen molar-refractivity contribution >= 4 is 11.9 Å². The van der Waals surface area contributed by atoms with Crippen LogP contribution in [0.1, 0.15) is 386 Å². The van der Waals surface area contributed by atoms with E-state index in [1.807, 2.05) is 6.08 Å². The molecule has 0 saturated carbocycles. The van der Waals surface area contributed by atoms with Gasteiger partial charge in [-0.25, -0.2) is 0 Å². The van der Waals surface area contributed by atoms with E-state index >= 15 is 0 Å². The van der Waals surface area contributed by atoms with Crippen molar-refractivity contribution < 1.29 is 24.5 Å². The summed E-state index contributed by atoms with van der Waals surface area (Å²) in [5, 5.41) is 23.3. The minimum Gasteiger partial charge on any atom is -0.466 e. The highest BCUT2D eigenvalue weighted by atomic mass is 16.5. The lowest BCUT2D eigenvalue weighted by Gasteiger charge is -2.20. The van der Waals surface area contributed by atoms with E-state index in [2.05, 4.69) is 55.6 Å². The second-order valence-electron chi connectivity index (χ2n) is 24.6. The Labute approximate surface area is 499 Å². The smallest absolute Gasteiger partial charge is 0.305 e. The van der Waals surface area contributed by atoms with Crippen molar-refractivity contribution in [1.29, 1.82) is 0 Å². The molecule has 6 heteroatoms. The molecule has 0 aliphatic rings. The van der Waals surface area contributed by atoms with Gasteiger partial charge in [0.15, 0.2) is 0 Å². The maximum absolute atomic E-state index is 12.5. The second kappa shape index (κ2) is 69.3. The third-order valence-electron chi connectivity index (χ3n) is 16.6. The fraction of sp³-hybridized carbons (Fsp3) is 0.865. The summed E-state index contributed by atoms with van der Waals surface area (Å²) in [6.07, 6.45) is 90.4. The molecule has 0 aromatic heterocycles. The molecule has 0 bridgehead atoms. The molecule has 2 atom stereocenters. The van der Waals surface area contributed by atoms with E-state index in [1.165, 1.54) is 302 Å². The van der Waals surface area contributed by atoms with Gasteiger partial charge < -0.3 is 20.3 Å². The summed E-state index contributed by atoms with van der Waals surface area (Å²) in [7, 11) is 0. The molecule has 0 rings (SSSR count). The molecule has 0 aliphatic heterocycles. The van der Waals surface area contributed by atoms with Crippen LogP contribution >= 0.6 is 0 Å². The SMILES string of the molecule is CCCCCC/C=C\C/C=C\CCCCCCCCCC(=O)OCCCCCCCCCCC/C=C\CCCCCCCCCC(=O)NC(CO)C(O)/C=C/CCCCCCCCCCCCCCCCCCCCCCCCC. The maximum Gasteiger partial charge on any atom is 0.305 e. The highest BCUT2D eigenvalue weighted by Gasteiger charge is 2.18. The first-order valence-electron chi connectivity index (χ1n) is 35.9. The first-order valence-corrected chi connectivity index (χ1v) is 35.9. The molecule has 0 aromatic rings. The Kier molecular flexibility index (Phi) is 67.4. The summed E-state index contributed by atoms with van der Waals surface area (Å²) < 4.78 is 5.49. The number of carbonyl (C=O) groups excluding carboxylic acids is 2. The van der Waals surface area contributed by atoms with Crippen LogP contribution < -0.4 is 5.32 Å². The van der Waals surface area contributed by atoms with Gasteiger partial charge in [0, 0.05) is 12.8 Å². The lowest BCUT2D eigenvalue weighted by atomic mass is 10.0. The summed E-state index contributed by atoms with van der Waals surface area (Å²) in [5.74, 6) is -0.0746. The molecule has 0 aromatic carbocycles. The third kappa shape index (κ3) is 65.0. The van der Waals surface area contributed by atoms with E-state index in [1.54, 1.807) is 6.08 Å². The Morgan fingerprint density at radius 3 is 0.975 bits per heavy atom. The van der Waals surface area contributed by atoms with Crippen molar-refractivity contribution in [2.24, 2.45) is 0 Å². The van der Waals surface area contributed by atoms with Gasteiger partial charge >= 0.3 is 5.97 Å². The molecule has 0 radical (unpaired) electrons. The number of rotatable bonds is 67. The molecule has 0 heterocycles. The van der Waals surface area contributed by atoms with E-state index in [4.69, 9.17) is 4.74 Å². The third-order valence-corrected chi connectivity index (χ3v) is 16.6. The molecule has 0 spiro atoms. The Bertz CT molecular complexity index is 1340. The van der Waals surface area contributed by atoms with Gasteiger partial charge in [-0.2, -0.15) is 0 Å². The zero-order valence-electron chi connectivity index (χ0n) is 53.8. The number of amides is 1. The van der Waals surface area contributed by atoms with Gasteiger partial charge in [-0.05, 0) is 89.9 Å². The second-order valence-corrected chi connectivity index (χ2v) is 24.6. The van der Waals surface area contributed by atoms with Gasteiger partial charge in [-0.1, -0.05) is 332 Å². The molecule has 0 fully saturated rings. The average Bonchev–Trinajstić information content (AvgIpc) is 3.46. The first-order chi connectivity index (χ1) is 39.5. The lowest BCUT2D eigenvalue weighted by Crippen LogP contribution is -2.45. The van der Waals surface area contributed by atoms with Crippen molar-refractivity contribution in [3.05, 3.63) is 48.6 Å². The molecule has 2 unspecified atom stereocenters. The topological polar surface area (TPSA) is 95.9 Å². The minimum atomic E-state index is -0.853. The number of hydrogen-bond acceptors (Lipinski definition) is 5. The van der Waals surface area contributed by atoms with E-state index in [9.17, 15) is 19.8 Å². The van der Waals surface area contributed by atoms with Crippen LogP contribution in [0, 0.1) is 0 Å². The van der Waals surface area contributed by atoms with Gasteiger partial charge in [-0.3, -0.25) is 9.59 Å². The number of ether oxygens (including phenoxy) is 1. The van der Waals surface area contributed by atoms with E-state index in [0.29, 0.717) is 19.4 Å². The Balaban J connectivity index is 3.46. The zero-order chi connectivity index (χ0) is 57.8. The van der Waals surface area contributed by atoms with Crippen LogP contribution in [0.15, 0.2) is 48.6 Å². The highest BCUT2D eigenvalue weighted by molar-refractivity contribution is 5.76.